The van der Waals surface area contributed by atoms with E-state index >= 15 is 0 Å². The van der Waals surface area contributed by atoms with Crippen molar-refractivity contribution in [1.82, 2.24) is 23.3 Å². The van der Waals surface area contributed by atoms with Crippen LogP contribution in [0, 0.1) is 15.9 Å². The topological polar surface area (TPSA) is 41.8 Å². The third kappa shape index (κ3) is 7.86. The van der Waals surface area contributed by atoms with Gasteiger partial charge in [-0.15, -0.1) is 0 Å². The number of ether oxygens (including phenoxy) is 1. The molecule has 0 unspecified atom stereocenters. The van der Waals surface area contributed by atoms with Crippen molar-refractivity contribution in [1.29, 1.82) is 0 Å². The molecule has 0 aliphatic rings. The van der Waals surface area contributed by atoms with Crippen molar-refractivity contribution in [3.63, 3.8) is 0 Å². The molecule has 0 bridgehead atoms. The maximum atomic E-state index is 6.88. The first-order valence-corrected chi connectivity index (χ1v) is 31.3. The summed E-state index contributed by atoms with van der Waals surface area (Å²) in [6.07, 6.45) is 1.91. The number of aromatic nitrogens is 5. The molecule has 0 saturated carbocycles. The molecule has 408 valence electrons. The van der Waals surface area contributed by atoms with Crippen LogP contribution in [0.15, 0.2) is 243 Å². The zero-order chi connectivity index (χ0) is 56.7. The van der Waals surface area contributed by atoms with E-state index in [1.54, 1.807) is 0 Å². The van der Waals surface area contributed by atoms with Gasteiger partial charge in [0, 0.05) is 6.20 Å². The van der Waals surface area contributed by atoms with Crippen LogP contribution >= 0.6 is 22.7 Å². The second kappa shape index (κ2) is 19.3. The molecule has 0 N–H and O–H groups in total. The van der Waals surface area contributed by atoms with Crippen molar-refractivity contribution >= 4 is 118 Å². The normalized spacial score (nSPS) is 12.2. The van der Waals surface area contributed by atoms with Crippen LogP contribution in [0.4, 0.5) is 0 Å². The second-order valence-electron chi connectivity index (χ2n) is 22.8. The third-order valence-electron chi connectivity index (χ3n) is 16.9. The van der Waals surface area contributed by atoms with Crippen molar-refractivity contribution in [3.05, 3.63) is 264 Å². The van der Waals surface area contributed by atoms with Crippen LogP contribution < -0.4 is 4.74 Å². The van der Waals surface area contributed by atoms with Crippen LogP contribution in [-0.4, -0.2) is 23.3 Å². The van der Waals surface area contributed by atoms with Gasteiger partial charge in [0.2, 0.25) is 0 Å². The monoisotopic (exact) mass is 1310 g/mol. The molecule has 17 rings (SSSR count). The Balaban J connectivity index is 0.914. The molecular weight excluding hydrogens is 1260 g/mol. The molecule has 0 atom stereocenters. The minimum absolute atomic E-state index is 0.0519. The van der Waals surface area contributed by atoms with Gasteiger partial charge in [0.25, 0.3) is 0 Å². The number of hydrogen-bond acceptors (Lipinski definition) is 4. The Morgan fingerprint density at radius 1 is 0.412 bits per heavy atom. The zero-order valence-corrected chi connectivity index (χ0v) is 50.3. The molecular formula is C76H49N5OPtS2-2. The Bertz CT molecular complexity index is 5500. The number of nitrogens with zero attached hydrogens (tertiary/aromatic N) is 5. The van der Waals surface area contributed by atoms with E-state index in [1.165, 1.54) is 67.8 Å². The van der Waals surface area contributed by atoms with Gasteiger partial charge < -0.3 is 0 Å². The summed E-state index contributed by atoms with van der Waals surface area (Å²) in [7, 11) is 0. The summed E-state index contributed by atoms with van der Waals surface area (Å²) >= 11 is 6.31. The molecule has 0 fully saturated rings. The van der Waals surface area contributed by atoms with Crippen molar-refractivity contribution in [2.45, 2.75) is 26.2 Å². The molecule has 6 heterocycles. The molecule has 0 saturated heterocycles. The van der Waals surface area contributed by atoms with Gasteiger partial charge in [-0.2, -0.15) is 0 Å². The minimum atomic E-state index is -0.0519. The van der Waals surface area contributed by atoms with Crippen LogP contribution in [0.25, 0.3) is 140 Å². The van der Waals surface area contributed by atoms with Crippen molar-refractivity contribution in [3.8, 4) is 56.6 Å². The summed E-state index contributed by atoms with van der Waals surface area (Å²) in [6.45, 7) is 6.71. The molecule has 9 heteroatoms. The molecule has 0 amide bonds. The maximum absolute atomic E-state index is 6.88. The predicted molar refractivity (Wildman–Crippen MR) is 352 cm³/mol. The predicted octanol–water partition coefficient (Wildman–Crippen LogP) is 20.8. The number of thiophene rings is 2. The van der Waals surface area contributed by atoms with Gasteiger partial charge in [-0.05, 0) is 17.0 Å². The average molecular weight is 1310 g/mol. The Morgan fingerprint density at radius 3 is 1.51 bits per heavy atom. The Hall–Kier alpha value is -9.43. The van der Waals surface area contributed by atoms with Gasteiger partial charge >= 0.3 is 456 Å². The van der Waals surface area contributed by atoms with E-state index in [1.807, 2.05) is 41.0 Å². The summed E-state index contributed by atoms with van der Waals surface area (Å²) in [6, 6.07) is 93.4. The van der Waals surface area contributed by atoms with E-state index in [4.69, 9.17) is 9.72 Å². The van der Waals surface area contributed by atoms with Gasteiger partial charge in [0.15, 0.2) is 0 Å². The van der Waals surface area contributed by atoms with Gasteiger partial charge in [-0.1, -0.05) is 32.9 Å². The Kier molecular flexibility index (Phi) is 11.4. The molecule has 6 aromatic heterocycles. The van der Waals surface area contributed by atoms with Crippen LogP contribution in [0.2, 0.25) is 0 Å². The standard InChI is InChI=1S/C76H49N5OS2.Pt/c1-76(2,3)47-39-40-77-72(41-47)81-66-32-11-6-23-54(66)55-38-37-51(45-69(55)81)82-50-20-16-19-48(42-50)78-46-79(68-34-13-12-33-67(68)78)73-62(60-28-17-26-58-56-24-7-14-35-70(56)83-74(58)60)43-49(80-64-30-9-4-21-52(64)53-22-5-10-31-65(53)80)44-63(73)61-29-18-27-59-57-25-8-15-36-71(57)84-75(59)61;/h4-41,43-44H,1-3H3;/q-2;. The molecule has 11 aromatic carbocycles. The molecule has 0 radical (unpaired) electrons. The number of imidazole rings is 1. The van der Waals surface area contributed by atoms with E-state index < -0.39 is 0 Å². The van der Waals surface area contributed by atoms with Crippen LogP contribution in [0.5, 0.6) is 11.5 Å². The van der Waals surface area contributed by atoms with Crippen molar-refractivity contribution < 1.29 is 24.1 Å². The zero-order valence-electron chi connectivity index (χ0n) is 46.4. The van der Waals surface area contributed by atoms with E-state index in [0.29, 0.717) is 11.5 Å². The van der Waals surface area contributed by atoms with E-state index in [-0.39, 0.29) is 5.41 Å². The summed E-state index contributed by atoms with van der Waals surface area (Å²) in [5.41, 5.74) is 15.2. The number of benzene rings is 11. The Labute approximate surface area is 508 Å². The van der Waals surface area contributed by atoms with Gasteiger partial charge in [0.05, 0.1) is 0 Å². The number of fused-ring (bicyclic) bond motifs is 13. The fourth-order valence-corrected chi connectivity index (χ4v) is 16.5. The third-order valence-corrected chi connectivity index (χ3v) is 20.3. The van der Waals surface area contributed by atoms with Crippen molar-refractivity contribution in [2.24, 2.45) is 0 Å². The number of pyridine rings is 1. The fourth-order valence-electron chi connectivity index (χ4n) is 13.0. The molecule has 6 nitrogen and oxygen atoms in total. The number of para-hydroxylation sites is 5. The SMILES string of the molecule is CC(C)(C)c1ccnc(-n2c3[c-]c(Oc4[c-]c(-n5[c](=[Pt])n(-c6c(-c7cccc8c7sc7ccccc78)cc(-n7c8ccccc8c8ccccc87)cc6-c6cccc7c6sc6ccccc67)c6ccccc65)ccc4)ccc3c3ccccc32)c1. The molecule has 17 aromatic rings. The van der Waals surface area contributed by atoms with Crippen molar-refractivity contribution in [2.75, 3.05) is 0 Å². The van der Waals surface area contributed by atoms with Crippen LogP contribution in [0.1, 0.15) is 26.3 Å². The molecule has 85 heavy (non-hydrogen) atoms. The van der Waals surface area contributed by atoms with Gasteiger partial charge in [-0.25, -0.2) is 0 Å². The Morgan fingerprint density at radius 2 is 0.906 bits per heavy atom. The second-order valence-corrected chi connectivity index (χ2v) is 25.9. The summed E-state index contributed by atoms with van der Waals surface area (Å²) < 4.78 is 22.4. The van der Waals surface area contributed by atoms with E-state index in [0.717, 1.165) is 81.7 Å². The van der Waals surface area contributed by atoms with E-state index in [9.17, 15) is 0 Å². The van der Waals surface area contributed by atoms with Crippen LogP contribution in [-0.2, 0) is 24.8 Å². The summed E-state index contributed by atoms with van der Waals surface area (Å²) in [5, 5.41) is 9.68. The average Bonchev–Trinajstić information content (AvgIpc) is 2.11. The number of hydrogen-bond donors (Lipinski definition) is 0. The quantitative estimate of drug-likeness (QED) is 0.142. The molecule has 0 aliphatic heterocycles. The van der Waals surface area contributed by atoms with Gasteiger partial charge in [-0.3, -0.25) is 0 Å². The molecule has 0 aliphatic carbocycles. The molecule has 0 spiro atoms. The number of rotatable bonds is 8. The first-order valence-electron chi connectivity index (χ1n) is 28.5. The summed E-state index contributed by atoms with van der Waals surface area (Å²) in [4.78, 5) is 4.93. The van der Waals surface area contributed by atoms with E-state index in [2.05, 4.69) is 295 Å². The summed E-state index contributed by atoms with van der Waals surface area (Å²) in [5.74, 6) is 2.01. The van der Waals surface area contributed by atoms with Crippen LogP contribution in [0.3, 0.4) is 0 Å². The van der Waals surface area contributed by atoms with Gasteiger partial charge in [0.1, 0.15) is 0 Å². The fraction of sp³-hybridized carbons (Fsp3) is 0.0526. The first kappa shape index (κ1) is 50.1. The first-order chi connectivity index (χ1) is 41.7.